The Morgan fingerprint density at radius 2 is 1.82 bits per heavy atom. The predicted octanol–water partition coefficient (Wildman–Crippen LogP) is 4.06. The van der Waals surface area contributed by atoms with Crippen LogP contribution >= 0.6 is 11.8 Å². The third-order valence-electron chi connectivity index (χ3n) is 4.92. The standard InChI is InChI=1S/C23H26FN5O3S/c1-5-29-20(14(2)25-22(31)18-8-6-7-9-19(18)24)27-28-23(29)33-15(3)21(30)26-16-10-12-17(32-4)13-11-16/h6-15H,5H2,1-4H3,(H,25,31)(H,26,30)/t14-,15-/m0/s1. The van der Waals surface area contributed by atoms with Gasteiger partial charge in [0, 0.05) is 12.2 Å². The summed E-state index contributed by atoms with van der Waals surface area (Å²) in [5.74, 6) is -0.0827. The van der Waals surface area contributed by atoms with Crippen LogP contribution in [0.2, 0.25) is 0 Å². The number of nitrogens with one attached hydrogen (secondary N) is 2. The minimum absolute atomic E-state index is 0.0367. The third kappa shape index (κ3) is 5.89. The first kappa shape index (κ1) is 24.2. The molecular formula is C23H26FN5O3S. The van der Waals surface area contributed by atoms with Gasteiger partial charge >= 0.3 is 0 Å². The van der Waals surface area contributed by atoms with Gasteiger partial charge in [0.05, 0.1) is 24.0 Å². The van der Waals surface area contributed by atoms with Crippen molar-refractivity contribution in [1.29, 1.82) is 0 Å². The largest absolute Gasteiger partial charge is 0.497 e. The van der Waals surface area contributed by atoms with Gasteiger partial charge in [-0.15, -0.1) is 10.2 Å². The molecule has 3 rings (SSSR count). The summed E-state index contributed by atoms with van der Waals surface area (Å²) in [5, 5.41) is 14.2. The topological polar surface area (TPSA) is 98.1 Å². The number of rotatable bonds is 9. The first-order chi connectivity index (χ1) is 15.8. The van der Waals surface area contributed by atoms with E-state index >= 15 is 0 Å². The molecule has 2 amide bonds. The number of benzene rings is 2. The monoisotopic (exact) mass is 471 g/mol. The van der Waals surface area contributed by atoms with E-state index in [9.17, 15) is 14.0 Å². The van der Waals surface area contributed by atoms with Crippen molar-refractivity contribution in [3.63, 3.8) is 0 Å². The highest BCUT2D eigenvalue weighted by molar-refractivity contribution is 8.00. The zero-order valence-electron chi connectivity index (χ0n) is 18.8. The second kappa shape index (κ2) is 11.0. The van der Waals surface area contributed by atoms with E-state index in [2.05, 4.69) is 20.8 Å². The minimum atomic E-state index is -0.591. The third-order valence-corrected chi connectivity index (χ3v) is 6.00. The lowest BCUT2D eigenvalue weighted by Crippen LogP contribution is -2.29. The maximum atomic E-state index is 13.9. The molecular weight excluding hydrogens is 445 g/mol. The summed E-state index contributed by atoms with van der Waals surface area (Å²) in [6, 6.07) is 12.3. The minimum Gasteiger partial charge on any atom is -0.497 e. The highest BCUT2D eigenvalue weighted by atomic mass is 32.2. The molecule has 0 unspecified atom stereocenters. The number of methoxy groups -OCH3 is 1. The van der Waals surface area contributed by atoms with E-state index in [0.717, 1.165) is 0 Å². The van der Waals surface area contributed by atoms with Gasteiger partial charge in [-0.1, -0.05) is 23.9 Å². The van der Waals surface area contributed by atoms with Crippen LogP contribution in [0.5, 0.6) is 5.75 Å². The van der Waals surface area contributed by atoms with Crippen molar-refractivity contribution < 1.29 is 18.7 Å². The van der Waals surface area contributed by atoms with E-state index in [1.165, 1.54) is 30.0 Å². The van der Waals surface area contributed by atoms with Gasteiger partial charge in [0.25, 0.3) is 5.91 Å². The van der Waals surface area contributed by atoms with Gasteiger partial charge in [0.2, 0.25) is 5.91 Å². The van der Waals surface area contributed by atoms with Crippen LogP contribution in [0.1, 0.15) is 43.0 Å². The Bertz CT molecular complexity index is 1120. The Morgan fingerprint density at radius 3 is 2.45 bits per heavy atom. The molecule has 0 aliphatic carbocycles. The summed E-state index contributed by atoms with van der Waals surface area (Å²) in [6.45, 7) is 5.99. The molecule has 2 aromatic carbocycles. The van der Waals surface area contributed by atoms with Crippen molar-refractivity contribution in [3.8, 4) is 5.75 Å². The molecule has 0 saturated carbocycles. The maximum Gasteiger partial charge on any atom is 0.254 e. The van der Waals surface area contributed by atoms with E-state index in [1.54, 1.807) is 51.3 Å². The van der Waals surface area contributed by atoms with E-state index in [0.29, 0.717) is 29.0 Å². The highest BCUT2D eigenvalue weighted by Crippen LogP contribution is 2.26. The fraction of sp³-hybridized carbons (Fsp3) is 0.304. The van der Waals surface area contributed by atoms with Crippen LogP contribution in [0.3, 0.4) is 0 Å². The van der Waals surface area contributed by atoms with Crippen molar-refractivity contribution in [2.24, 2.45) is 0 Å². The van der Waals surface area contributed by atoms with Gasteiger partial charge in [0.1, 0.15) is 11.6 Å². The number of nitrogens with zero attached hydrogens (tertiary/aromatic N) is 3. The quantitative estimate of drug-likeness (QED) is 0.457. The molecule has 0 aliphatic rings. The zero-order valence-corrected chi connectivity index (χ0v) is 19.6. The Morgan fingerprint density at radius 1 is 1.12 bits per heavy atom. The van der Waals surface area contributed by atoms with Gasteiger partial charge in [0.15, 0.2) is 11.0 Å². The molecule has 33 heavy (non-hydrogen) atoms. The Labute approximate surface area is 195 Å². The average molecular weight is 472 g/mol. The van der Waals surface area contributed by atoms with Crippen molar-refractivity contribution >= 4 is 29.3 Å². The number of carbonyl (C=O) groups is 2. The lowest BCUT2D eigenvalue weighted by Gasteiger charge is -2.16. The summed E-state index contributed by atoms with van der Waals surface area (Å²) >= 11 is 1.27. The Balaban J connectivity index is 1.67. The number of hydrogen-bond acceptors (Lipinski definition) is 6. The summed E-state index contributed by atoms with van der Waals surface area (Å²) in [6.07, 6.45) is 0. The first-order valence-corrected chi connectivity index (χ1v) is 11.3. The van der Waals surface area contributed by atoms with Crippen LogP contribution in [-0.2, 0) is 11.3 Å². The summed E-state index contributed by atoms with van der Waals surface area (Å²) in [5.41, 5.74) is 0.626. The molecule has 1 heterocycles. The molecule has 0 bridgehead atoms. The Kier molecular flexibility index (Phi) is 8.05. The van der Waals surface area contributed by atoms with E-state index in [4.69, 9.17) is 4.74 Å². The summed E-state index contributed by atoms with van der Waals surface area (Å²) in [4.78, 5) is 25.1. The molecule has 0 fully saturated rings. The van der Waals surface area contributed by atoms with Crippen LogP contribution < -0.4 is 15.4 Å². The number of hydrogen-bond donors (Lipinski definition) is 2. The molecule has 3 aromatic rings. The van der Waals surface area contributed by atoms with Crippen molar-refractivity contribution in [3.05, 3.63) is 65.7 Å². The molecule has 0 aliphatic heterocycles. The number of ether oxygens (including phenoxy) is 1. The number of halogens is 1. The molecule has 2 N–H and O–H groups in total. The van der Waals surface area contributed by atoms with Gasteiger partial charge in [-0.25, -0.2) is 4.39 Å². The second-order valence-electron chi connectivity index (χ2n) is 7.24. The van der Waals surface area contributed by atoms with Crippen LogP contribution in [-0.4, -0.2) is 38.9 Å². The number of aromatic nitrogens is 3. The van der Waals surface area contributed by atoms with Crippen molar-refractivity contribution in [2.45, 2.75) is 43.8 Å². The lowest BCUT2D eigenvalue weighted by atomic mass is 10.2. The molecule has 2 atom stereocenters. The van der Waals surface area contributed by atoms with E-state index in [1.807, 2.05) is 11.5 Å². The second-order valence-corrected chi connectivity index (χ2v) is 8.55. The van der Waals surface area contributed by atoms with Crippen molar-refractivity contribution in [2.75, 3.05) is 12.4 Å². The van der Waals surface area contributed by atoms with Crippen LogP contribution in [0, 0.1) is 5.82 Å². The summed E-state index contributed by atoms with van der Waals surface area (Å²) in [7, 11) is 1.58. The Hall–Kier alpha value is -3.40. The molecule has 0 spiro atoms. The first-order valence-electron chi connectivity index (χ1n) is 10.4. The molecule has 0 saturated heterocycles. The molecule has 1 aromatic heterocycles. The van der Waals surface area contributed by atoms with Gasteiger partial charge in [-0.05, 0) is 57.2 Å². The zero-order chi connectivity index (χ0) is 24.0. The number of thioether (sulfide) groups is 1. The SMILES string of the molecule is CCn1c(S[C@@H](C)C(=O)Nc2ccc(OC)cc2)nnc1[C@H](C)NC(=O)c1ccccc1F. The summed E-state index contributed by atoms with van der Waals surface area (Å²) < 4.78 is 20.9. The van der Waals surface area contributed by atoms with Crippen molar-refractivity contribution in [1.82, 2.24) is 20.1 Å². The fourth-order valence-corrected chi connectivity index (χ4v) is 4.04. The van der Waals surface area contributed by atoms with Crippen LogP contribution in [0.25, 0.3) is 0 Å². The lowest BCUT2D eigenvalue weighted by molar-refractivity contribution is -0.115. The smallest absolute Gasteiger partial charge is 0.254 e. The van der Waals surface area contributed by atoms with Gasteiger partial charge in [-0.2, -0.15) is 0 Å². The fourth-order valence-electron chi connectivity index (χ4n) is 3.12. The van der Waals surface area contributed by atoms with E-state index in [-0.39, 0.29) is 11.5 Å². The molecule has 0 radical (unpaired) electrons. The average Bonchev–Trinajstić information content (AvgIpc) is 3.22. The molecule has 10 heteroatoms. The highest BCUT2D eigenvalue weighted by Gasteiger charge is 2.23. The van der Waals surface area contributed by atoms with Gasteiger partial charge in [-0.3, -0.25) is 9.59 Å². The predicted molar refractivity (Wildman–Crippen MR) is 125 cm³/mol. The molecule has 174 valence electrons. The number of amides is 2. The number of anilines is 1. The van der Waals surface area contributed by atoms with Crippen LogP contribution in [0.4, 0.5) is 10.1 Å². The number of carbonyl (C=O) groups excluding carboxylic acids is 2. The van der Waals surface area contributed by atoms with Crippen LogP contribution in [0.15, 0.2) is 53.7 Å². The normalized spacial score (nSPS) is 12.6. The maximum absolute atomic E-state index is 13.9. The van der Waals surface area contributed by atoms with Gasteiger partial charge < -0.3 is 19.9 Å². The van der Waals surface area contributed by atoms with E-state index < -0.39 is 23.0 Å². The molecule has 8 nitrogen and oxygen atoms in total.